The predicted molar refractivity (Wildman–Crippen MR) is 80.6 cm³/mol. The first-order valence-electron chi connectivity index (χ1n) is 6.30. The molecule has 0 saturated heterocycles. The molecule has 0 aliphatic heterocycles. The molecule has 19 heavy (non-hydrogen) atoms. The average Bonchev–Trinajstić information content (AvgIpc) is 2.41. The summed E-state index contributed by atoms with van der Waals surface area (Å²) in [5.41, 5.74) is 3.18. The zero-order valence-electron chi connectivity index (χ0n) is 11.2. The van der Waals surface area contributed by atoms with Gasteiger partial charge in [0.1, 0.15) is 0 Å². The van der Waals surface area contributed by atoms with Gasteiger partial charge in [-0.15, -0.1) is 0 Å². The van der Waals surface area contributed by atoms with Gasteiger partial charge in [0.25, 0.3) is 0 Å². The van der Waals surface area contributed by atoms with Crippen LogP contribution in [0.15, 0.2) is 48.5 Å². The number of nitrogens with zero attached hydrogens (tertiary/aromatic N) is 1. The first-order chi connectivity index (χ1) is 9.08. The van der Waals surface area contributed by atoms with Gasteiger partial charge in [-0.05, 0) is 30.7 Å². The molecule has 0 aromatic heterocycles. The molecule has 0 fully saturated rings. The lowest BCUT2D eigenvalue weighted by atomic mass is 10.1. The van der Waals surface area contributed by atoms with E-state index >= 15 is 0 Å². The van der Waals surface area contributed by atoms with E-state index in [0.29, 0.717) is 0 Å². The van der Waals surface area contributed by atoms with Gasteiger partial charge in [0, 0.05) is 29.9 Å². The number of hydrogen-bond acceptors (Lipinski definition) is 2. The molecule has 1 N–H and O–H groups in total. The Labute approximate surface area is 119 Å². The van der Waals surface area contributed by atoms with Crippen molar-refractivity contribution in [2.45, 2.75) is 19.6 Å². The predicted octanol–water partition coefficient (Wildman–Crippen LogP) is 4.03. The number of aliphatic hydroxyl groups excluding tert-OH is 1. The molecule has 1 unspecified atom stereocenters. The fourth-order valence-corrected chi connectivity index (χ4v) is 2.26. The second-order valence-corrected chi connectivity index (χ2v) is 5.15. The van der Waals surface area contributed by atoms with Crippen molar-refractivity contribution in [3.8, 4) is 0 Å². The molecule has 0 heterocycles. The summed E-state index contributed by atoms with van der Waals surface area (Å²) in [6.07, 6.45) is -0.469. The third kappa shape index (κ3) is 3.49. The summed E-state index contributed by atoms with van der Waals surface area (Å²) in [6.45, 7) is 2.57. The summed E-state index contributed by atoms with van der Waals surface area (Å²) in [5.74, 6) is 0. The summed E-state index contributed by atoms with van der Waals surface area (Å²) in [7, 11) is 2.02. The highest BCUT2D eigenvalue weighted by atomic mass is 35.5. The van der Waals surface area contributed by atoms with Gasteiger partial charge in [-0.25, -0.2) is 0 Å². The first-order valence-corrected chi connectivity index (χ1v) is 6.68. The highest BCUT2D eigenvalue weighted by molar-refractivity contribution is 6.30. The van der Waals surface area contributed by atoms with Crippen molar-refractivity contribution in [3.63, 3.8) is 0 Å². The molecule has 3 heteroatoms. The van der Waals surface area contributed by atoms with Crippen LogP contribution < -0.4 is 4.90 Å². The molecule has 2 aromatic carbocycles. The lowest BCUT2D eigenvalue weighted by molar-refractivity contribution is 0.199. The summed E-state index contributed by atoms with van der Waals surface area (Å²) >= 11 is 5.89. The van der Waals surface area contributed by atoms with Crippen LogP contribution in [0.4, 0.5) is 5.69 Å². The number of anilines is 1. The Morgan fingerprint density at radius 2 is 1.74 bits per heavy atom. The Balaban J connectivity index is 2.20. The van der Waals surface area contributed by atoms with Crippen molar-refractivity contribution >= 4 is 17.3 Å². The van der Waals surface area contributed by atoms with Crippen LogP contribution in [0.25, 0.3) is 0 Å². The molecule has 2 aromatic rings. The summed E-state index contributed by atoms with van der Waals surface area (Å²) in [4.78, 5) is 2.13. The summed E-state index contributed by atoms with van der Waals surface area (Å²) in [6, 6.07) is 15.7. The number of halogens is 1. The van der Waals surface area contributed by atoms with E-state index in [1.807, 2.05) is 55.6 Å². The molecular weight excluding hydrogens is 258 g/mol. The van der Waals surface area contributed by atoms with E-state index in [4.69, 9.17) is 11.6 Å². The lowest BCUT2D eigenvalue weighted by Gasteiger charge is -2.23. The summed E-state index contributed by atoms with van der Waals surface area (Å²) in [5, 5.41) is 10.6. The molecule has 0 aliphatic rings. The monoisotopic (exact) mass is 275 g/mol. The van der Waals surface area contributed by atoms with E-state index in [9.17, 15) is 5.11 Å². The molecule has 0 aliphatic carbocycles. The number of benzene rings is 2. The number of para-hydroxylation sites is 1. The minimum atomic E-state index is -0.469. The van der Waals surface area contributed by atoms with Gasteiger partial charge in [-0.3, -0.25) is 0 Å². The molecule has 100 valence electrons. The van der Waals surface area contributed by atoms with E-state index in [1.165, 1.54) is 5.56 Å². The van der Waals surface area contributed by atoms with Gasteiger partial charge in [0.05, 0.1) is 6.10 Å². The van der Waals surface area contributed by atoms with Crippen molar-refractivity contribution < 1.29 is 5.11 Å². The van der Waals surface area contributed by atoms with Crippen LogP contribution >= 0.6 is 11.6 Å². The highest BCUT2D eigenvalue weighted by Crippen LogP contribution is 2.26. The lowest BCUT2D eigenvalue weighted by Crippen LogP contribution is -2.18. The SMILES string of the molecule is CC(O)c1ccccc1N(C)Cc1ccc(Cl)cc1. The highest BCUT2D eigenvalue weighted by Gasteiger charge is 2.11. The third-order valence-electron chi connectivity index (χ3n) is 3.13. The van der Waals surface area contributed by atoms with Crippen LogP contribution in [0.5, 0.6) is 0 Å². The van der Waals surface area contributed by atoms with E-state index < -0.39 is 6.10 Å². The van der Waals surface area contributed by atoms with Crippen LogP contribution in [0.2, 0.25) is 5.02 Å². The molecule has 0 radical (unpaired) electrons. The van der Waals surface area contributed by atoms with Crippen molar-refractivity contribution in [2.24, 2.45) is 0 Å². The topological polar surface area (TPSA) is 23.5 Å². The van der Waals surface area contributed by atoms with Crippen molar-refractivity contribution in [1.82, 2.24) is 0 Å². The first kappa shape index (κ1) is 13.9. The van der Waals surface area contributed by atoms with Gasteiger partial charge in [-0.1, -0.05) is 41.9 Å². The van der Waals surface area contributed by atoms with Gasteiger partial charge < -0.3 is 10.0 Å². The van der Waals surface area contributed by atoms with Gasteiger partial charge >= 0.3 is 0 Å². The minimum Gasteiger partial charge on any atom is -0.389 e. The number of rotatable bonds is 4. The van der Waals surface area contributed by atoms with Gasteiger partial charge in [0.15, 0.2) is 0 Å². The van der Waals surface area contributed by atoms with Crippen LogP contribution in [0.1, 0.15) is 24.2 Å². The fraction of sp³-hybridized carbons (Fsp3) is 0.250. The molecular formula is C16H18ClNO. The molecule has 2 nitrogen and oxygen atoms in total. The molecule has 0 spiro atoms. The fourth-order valence-electron chi connectivity index (χ4n) is 2.14. The normalized spacial score (nSPS) is 12.2. The summed E-state index contributed by atoms with van der Waals surface area (Å²) < 4.78 is 0. The zero-order chi connectivity index (χ0) is 13.8. The second-order valence-electron chi connectivity index (χ2n) is 4.72. The van der Waals surface area contributed by atoms with Crippen molar-refractivity contribution in [1.29, 1.82) is 0 Å². The Morgan fingerprint density at radius 1 is 1.11 bits per heavy atom. The number of aliphatic hydroxyl groups is 1. The Hall–Kier alpha value is -1.51. The molecule has 0 amide bonds. The average molecular weight is 276 g/mol. The quantitative estimate of drug-likeness (QED) is 0.911. The maximum atomic E-state index is 9.81. The van der Waals surface area contributed by atoms with Crippen molar-refractivity contribution in [2.75, 3.05) is 11.9 Å². The van der Waals surface area contributed by atoms with E-state index in [0.717, 1.165) is 22.8 Å². The third-order valence-corrected chi connectivity index (χ3v) is 3.38. The van der Waals surface area contributed by atoms with E-state index in [1.54, 1.807) is 6.92 Å². The standard InChI is InChI=1S/C16H18ClNO/c1-12(19)15-5-3-4-6-16(15)18(2)11-13-7-9-14(17)10-8-13/h3-10,12,19H,11H2,1-2H3. The number of hydrogen-bond donors (Lipinski definition) is 1. The Morgan fingerprint density at radius 3 is 2.37 bits per heavy atom. The van der Waals surface area contributed by atoms with Crippen LogP contribution in [0.3, 0.4) is 0 Å². The molecule has 1 atom stereocenters. The Bertz CT molecular complexity index is 537. The zero-order valence-corrected chi connectivity index (χ0v) is 11.9. The van der Waals surface area contributed by atoms with Crippen LogP contribution in [-0.4, -0.2) is 12.2 Å². The minimum absolute atomic E-state index is 0.469. The molecule has 0 bridgehead atoms. The van der Waals surface area contributed by atoms with E-state index in [-0.39, 0.29) is 0 Å². The van der Waals surface area contributed by atoms with Crippen molar-refractivity contribution in [3.05, 3.63) is 64.7 Å². The molecule has 2 rings (SSSR count). The maximum absolute atomic E-state index is 9.81. The van der Waals surface area contributed by atoms with E-state index in [2.05, 4.69) is 4.90 Å². The van der Waals surface area contributed by atoms with Gasteiger partial charge in [-0.2, -0.15) is 0 Å². The largest absolute Gasteiger partial charge is 0.389 e. The molecule has 0 saturated carbocycles. The van der Waals surface area contributed by atoms with Crippen LogP contribution in [-0.2, 0) is 6.54 Å². The Kier molecular flexibility index (Phi) is 4.46. The van der Waals surface area contributed by atoms with Gasteiger partial charge in [0.2, 0.25) is 0 Å². The smallest absolute Gasteiger partial charge is 0.0781 e. The second kappa shape index (κ2) is 6.09. The van der Waals surface area contributed by atoms with Crippen LogP contribution in [0, 0.1) is 0 Å². The maximum Gasteiger partial charge on any atom is 0.0781 e.